The molecule has 0 aliphatic carbocycles. The zero-order valence-electron chi connectivity index (χ0n) is 9.04. The van der Waals surface area contributed by atoms with Crippen molar-refractivity contribution in [2.75, 3.05) is 13.7 Å². The topological polar surface area (TPSA) is 47.3 Å². The molecule has 1 N–H and O–H groups in total. The fraction of sp³-hybridized carbons (Fsp3) is 0.700. The summed E-state index contributed by atoms with van der Waals surface area (Å²) in [7, 11) is 1.64. The van der Waals surface area contributed by atoms with Crippen molar-refractivity contribution in [3.8, 4) is 0 Å². The van der Waals surface area contributed by atoms with E-state index < -0.39 is 0 Å². The number of nitrogens with zero attached hydrogens (tertiary/aromatic N) is 1. The Labute approximate surface area is 84.7 Å². The first kappa shape index (κ1) is 11.2. The molecule has 1 aromatic heterocycles. The Hall–Kier alpha value is -0.870. The van der Waals surface area contributed by atoms with Crippen LogP contribution in [0.4, 0.5) is 0 Å². The zero-order valence-corrected chi connectivity index (χ0v) is 9.04. The maximum Gasteiger partial charge on any atom is 0.195 e. The molecule has 80 valence electrons. The summed E-state index contributed by atoms with van der Waals surface area (Å²) in [6.45, 7) is 5.62. The van der Waals surface area contributed by atoms with E-state index in [1.807, 2.05) is 0 Å². The number of methoxy groups -OCH3 is 1. The normalized spacial score (nSPS) is 11.1. The quantitative estimate of drug-likeness (QED) is 0.749. The molecular formula is C10H18N2O2. The smallest absolute Gasteiger partial charge is 0.195 e. The SMILES string of the molecule is COCc1cnc(CCNC(C)C)o1. The Bertz CT molecular complexity index is 258. The molecule has 1 rings (SSSR count). The summed E-state index contributed by atoms with van der Waals surface area (Å²) >= 11 is 0. The molecule has 1 aromatic rings. The molecule has 0 aliphatic heterocycles. The summed E-state index contributed by atoms with van der Waals surface area (Å²) in [6.07, 6.45) is 2.54. The Morgan fingerprint density at radius 2 is 2.36 bits per heavy atom. The van der Waals surface area contributed by atoms with Crippen molar-refractivity contribution in [1.29, 1.82) is 0 Å². The van der Waals surface area contributed by atoms with Gasteiger partial charge in [0.2, 0.25) is 0 Å². The number of oxazole rings is 1. The third kappa shape index (κ3) is 3.89. The first-order valence-corrected chi connectivity index (χ1v) is 4.88. The molecular weight excluding hydrogens is 180 g/mol. The van der Waals surface area contributed by atoms with Crippen molar-refractivity contribution < 1.29 is 9.15 Å². The standard InChI is InChI=1S/C10H18N2O2/c1-8(2)11-5-4-10-12-6-9(14-10)7-13-3/h6,8,11H,4-5,7H2,1-3H3. The summed E-state index contributed by atoms with van der Waals surface area (Å²) in [5, 5.41) is 3.30. The van der Waals surface area contributed by atoms with Crippen LogP contribution in [0.25, 0.3) is 0 Å². The van der Waals surface area contributed by atoms with Gasteiger partial charge in [0.05, 0.1) is 6.20 Å². The third-order valence-corrected chi connectivity index (χ3v) is 1.78. The molecule has 0 amide bonds. The third-order valence-electron chi connectivity index (χ3n) is 1.78. The second-order valence-electron chi connectivity index (χ2n) is 3.51. The highest BCUT2D eigenvalue weighted by Crippen LogP contribution is 2.04. The lowest BCUT2D eigenvalue weighted by Gasteiger charge is -2.05. The van der Waals surface area contributed by atoms with Crippen LogP contribution in [0.3, 0.4) is 0 Å². The summed E-state index contributed by atoms with van der Waals surface area (Å²) < 4.78 is 10.4. The van der Waals surface area contributed by atoms with Gasteiger partial charge < -0.3 is 14.5 Å². The lowest BCUT2D eigenvalue weighted by molar-refractivity contribution is 0.162. The molecule has 1 heterocycles. The van der Waals surface area contributed by atoms with E-state index in [2.05, 4.69) is 24.1 Å². The number of hydrogen-bond acceptors (Lipinski definition) is 4. The van der Waals surface area contributed by atoms with Crippen LogP contribution in [-0.2, 0) is 17.8 Å². The van der Waals surface area contributed by atoms with Crippen molar-refractivity contribution >= 4 is 0 Å². The number of hydrogen-bond donors (Lipinski definition) is 1. The van der Waals surface area contributed by atoms with E-state index in [-0.39, 0.29) is 0 Å². The van der Waals surface area contributed by atoms with Crippen LogP contribution in [0.1, 0.15) is 25.5 Å². The Morgan fingerprint density at radius 3 is 3.00 bits per heavy atom. The molecule has 0 saturated carbocycles. The fourth-order valence-electron chi connectivity index (χ4n) is 1.14. The Kier molecular flexibility index (Phi) is 4.62. The van der Waals surface area contributed by atoms with Crippen molar-refractivity contribution in [3.63, 3.8) is 0 Å². The maximum absolute atomic E-state index is 5.43. The van der Waals surface area contributed by atoms with Crippen LogP contribution in [0.2, 0.25) is 0 Å². The number of nitrogens with one attached hydrogen (secondary N) is 1. The van der Waals surface area contributed by atoms with Crippen molar-refractivity contribution in [2.45, 2.75) is 32.9 Å². The van der Waals surface area contributed by atoms with Crippen LogP contribution in [0.5, 0.6) is 0 Å². The molecule has 0 aliphatic rings. The number of aromatic nitrogens is 1. The predicted octanol–water partition coefficient (Wildman–Crippen LogP) is 1.36. The van der Waals surface area contributed by atoms with E-state index in [1.54, 1.807) is 13.3 Å². The lowest BCUT2D eigenvalue weighted by atomic mass is 10.3. The molecule has 0 fully saturated rings. The highest BCUT2D eigenvalue weighted by molar-refractivity contribution is 4.92. The minimum Gasteiger partial charge on any atom is -0.443 e. The second kappa shape index (κ2) is 5.78. The molecule has 4 heteroatoms. The molecule has 0 radical (unpaired) electrons. The van der Waals surface area contributed by atoms with Gasteiger partial charge in [0.25, 0.3) is 0 Å². The zero-order chi connectivity index (χ0) is 10.4. The van der Waals surface area contributed by atoms with Gasteiger partial charge in [-0.3, -0.25) is 0 Å². The Balaban J connectivity index is 2.28. The second-order valence-corrected chi connectivity index (χ2v) is 3.51. The van der Waals surface area contributed by atoms with Gasteiger partial charge in [0.1, 0.15) is 12.4 Å². The maximum atomic E-state index is 5.43. The minimum absolute atomic E-state index is 0.491. The molecule has 0 bridgehead atoms. The van der Waals surface area contributed by atoms with Gasteiger partial charge in [-0.15, -0.1) is 0 Å². The van der Waals surface area contributed by atoms with Crippen molar-refractivity contribution in [1.82, 2.24) is 10.3 Å². The van der Waals surface area contributed by atoms with E-state index in [0.717, 1.165) is 24.6 Å². The van der Waals surface area contributed by atoms with Crippen LogP contribution < -0.4 is 5.32 Å². The summed E-state index contributed by atoms with van der Waals surface area (Å²) in [5.41, 5.74) is 0. The van der Waals surface area contributed by atoms with E-state index in [4.69, 9.17) is 9.15 Å². The van der Waals surface area contributed by atoms with Crippen LogP contribution in [0, 0.1) is 0 Å². The van der Waals surface area contributed by atoms with Crippen LogP contribution in [-0.4, -0.2) is 24.7 Å². The van der Waals surface area contributed by atoms with Gasteiger partial charge in [0, 0.05) is 26.1 Å². The van der Waals surface area contributed by atoms with Crippen molar-refractivity contribution in [2.24, 2.45) is 0 Å². The average molecular weight is 198 g/mol. The van der Waals surface area contributed by atoms with E-state index in [0.29, 0.717) is 12.6 Å². The molecule has 4 nitrogen and oxygen atoms in total. The molecule has 0 aromatic carbocycles. The van der Waals surface area contributed by atoms with Gasteiger partial charge in [-0.1, -0.05) is 13.8 Å². The fourth-order valence-corrected chi connectivity index (χ4v) is 1.14. The number of rotatable bonds is 6. The van der Waals surface area contributed by atoms with Crippen molar-refractivity contribution in [3.05, 3.63) is 17.8 Å². The molecule has 0 saturated heterocycles. The minimum atomic E-state index is 0.491. The molecule has 0 unspecified atom stereocenters. The van der Waals surface area contributed by atoms with Gasteiger partial charge >= 0.3 is 0 Å². The van der Waals surface area contributed by atoms with Crippen LogP contribution in [0.15, 0.2) is 10.6 Å². The first-order valence-electron chi connectivity index (χ1n) is 4.88. The molecule has 14 heavy (non-hydrogen) atoms. The van der Waals surface area contributed by atoms with E-state index >= 15 is 0 Å². The van der Waals surface area contributed by atoms with Crippen LogP contribution >= 0.6 is 0 Å². The van der Waals surface area contributed by atoms with Gasteiger partial charge in [-0.05, 0) is 0 Å². The summed E-state index contributed by atoms with van der Waals surface area (Å²) in [4.78, 5) is 4.14. The lowest BCUT2D eigenvalue weighted by Crippen LogP contribution is -2.24. The van der Waals surface area contributed by atoms with Gasteiger partial charge in [-0.2, -0.15) is 0 Å². The Morgan fingerprint density at radius 1 is 1.57 bits per heavy atom. The predicted molar refractivity (Wildman–Crippen MR) is 54.1 cm³/mol. The highest BCUT2D eigenvalue weighted by Gasteiger charge is 2.03. The number of ether oxygens (including phenoxy) is 1. The largest absolute Gasteiger partial charge is 0.443 e. The monoisotopic (exact) mass is 198 g/mol. The summed E-state index contributed by atoms with van der Waals surface area (Å²) in [5.74, 6) is 1.55. The highest BCUT2D eigenvalue weighted by atomic mass is 16.5. The molecule has 0 spiro atoms. The van der Waals surface area contributed by atoms with E-state index in [1.165, 1.54) is 0 Å². The van der Waals surface area contributed by atoms with E-state index in [9.17, 15) is 0 Å². The first-order chi connectivity index (χ1) is 6.72. The average Bonchev–Trinajstić information content (AvgIpc) is 2.53. The van der Waals surface area contributed by atoms with Gasteiger partial charge in [0.15, 0.2) is 5.89 Å². The van der Waals surface area contributed by atoms with Gasteiger partial charge in [-0.25, -0.2) is 4.98 Å². The molecule has 0 atom stereocenters. The summed E-state index contributed by atoms with van der Waals surface area (Å²) in [6, 6.07) is 0.503.